The average Bonchev–Trinajstić information content (AvgIpc) is 2.30. The van der Waals surface area contributed by atoms with Crippen molar-refractivity contribution >= 4 is 0 Å². The predicted octanol–water partition coefficient (Wildman–Crippen LogP) is 2.63. The second-order valence-electron chi connectivity index (χ2n) is 10.5. The molecule has 140 valence electrons. The smallest absolute Gasteiger partial charge is 0.119 e. The molecule has 0 atom stereocenters. The Balaban J connectivity index is 2.21. The van der Waals surface area contributed by atoms with Crippen molar-refractivity contribution in [2.24, 2.45) is 0 Å². The van der Waals surface area contributed by atoms with Crippen molar-refractivity contribution in [1.82, 2.24) is 15.4 Å². The third-order valence-corrected chi connectivity index (χ3v) is 5.61. The van der Waals surface area contributed by atoms with Crippen LogP contribution in [-0.2, 0) is 10.4 Å². The summed E-state index contributed by atoms with van der Waals surface area (Å²) in [6.45, 7) is 15.3. The van der Waals surface area contributed by atoms with Crippen molar-refractivity contribution < 1.29 is 15.5 Å². The van der Waals surface area contributed by atoms with E-state index < -0.39 is 27.9 Å². The van der Waals surface area contributed by atoms with Crippen molar-refractivity contribution in [3.05, 3.63) is 0 Å². The van der Waals surface area contributed by atoms with Gasteiger partial charge in [0, 0.05) is 41.0 Å². The van der Waals surface area contributed by atoms with E-state index in [-0.39, 0.29) is 6.04 Å². The summed E-state index contributed by atoms with van der Waals surface area (Å²) in [5.74, 6) is 0. The Morgan fingerprint density at radius 2 is 1.08 bits per heavy atom. The van der Waals surface area contributed by atoms with Gasteiger partial charge in [0.1, 0.15) is 5.72 Å². The molecule has 2 radical (unpaired) electrons. The van der Waals surface area contributed by atoms with Crippen molar-refractivity contribution in [3.63, 3.8) is 0 Å². The Morgan fingerprint density at radius 1 is 0.750 bits per heavy atom. The summed E-state index contributed by atoms with van der Waals surface area (Å²) in [7, 11) is 0. The van der Waals surface area contributed by atoms with Gasteiger partial charge >= 0.3 is 0 Å². The van der Waals surface area contributed by atoms with Crippen LogP contribution in [0.5, 0.6) is 0 Å². The van der Waals surface area contributed by atoms with Crippen LogP contribution in [0.1, 0.15) is 81.1 Å². The molecule has 0 aromatic heterocycles. The number of rotatable bonds is 2. The van der Waals surface area contributed by atoms with E-state index in [4.69, 9.17) is 0 Å². The van der Waals surface area contributed by atoms with Gasteiger partial charge in [-0.2, -0.15) is 0 Å². The van der Waals surface area contributed by atoms with Crippen LogP contribution in [0, 0.1) is 0 Å². The van der Waals surface area contributed by atoms with Crippen LogP contribution in [0.4, 0.5) is 0 Å². The summed E-state index contributed by atoms with van der Waals surface area (Å²) >= 11 is 0. The first-order valence-electron chi connectivity index (χ1n) is 8.96. The molecule has 0 aliphatic carbocycles. The molecule has 0 spiro atoms. The molecule has 2 saturated heterocycles. The minimum absolute atomic E-state index is 0.0370. The molecule has 0 unspecified atom stereocenters. The Morgan fingerprint density at radius 3 is 1.46 bits per heavy atom. The zero-order chi connectivity index (χ0) is 18.8. The lowest BCUT2D eigenvalue weighted by molar-refractivity contribution is -0.319. The molecule has 6 nitrogen and oxygen atoms in total. The quantitative estimate of drug-likeness (QED) is 0.757. The van der Waals surface area contributed by atoms with E-state index in [0.717, 1.165) is 5.06 Å². The summed E-state index contributed by atoms with van der Waals surface area (Å²) in [6.07, 6.45) is 2.07. The minimum Gasteiger partial charge on any atom is -0.376 e. The lowest BCUT2D eigenvalue weighted by Gasteiger charge is -2.56. The van der Waals surface area contributed by atoms with Crippen molar-refractivity contribution in [1.29, 1.82) is 0 Å². The Labute approximate surface area is 146 Å². The van der Waals surface area contributed by atoms with Crippen LogP contribution < -0.4 is 5.32 Å². The average molecular weight is 341 g/mol. The molecule has 24 heavy (non-hydrogen) atoms. The zero-order valence-electron chi connectivity index (χ0n) is 16.6. The molecule has 6 heteroatoms. The van der Waals surface area contributed by atoms with E-state index in [1.807, 2.05) is 55.4 Å². The van der Waals surface area contributed by atoms with Gasteiger partial charge < -0.3 is 5.11 Å². The summed E-state index contributed by atoms with van der Waals surface area (Å²) in [5, 5.41) is 42.0. The van der Waals surface area contributed by atoms with Crippen LogP contribution in [0.15, 0.2) is 0 Å². The first-order valence-corrected chi connectivity index (χ1v) is 8.96. The van der Waals surface area contributed by atoms with Crippen LogP contribution in [0.2, 0.25) is 0 Å². The molecular formula is C18H35N3O3. The SMILES string of the molecule is CC1(C)CC(NC2(O)CC(C)(C)N([O])C(C)(C)C2)CC(C)(C)N1[O]. The fourth-order valence-electron chi connectivity index (χ4n) is 5.30. The Bertz CT molecular complexity index is 452. The molecule has 2 fully saturated rings. The van der Waals surface area contributed by atoms with E-state index in [1.165, 1.54) is 5.06 Å². The summed E-state index contributed by atoms with van der Waals surface area (Å²) in [6, 6.07) is 0.0370. The van der Waals surface area contributed by atoms with Gasteiger partial charge in [-0.3, -0.25) is 5.32 Å². The first kappa shape index (κ1) is 20.1. The highest BCUT2D eigenvalue weighted by Crippen LogP contribution is 2.43. The standard InChI is InChI=1S/C18H35N3O3/c1-14(2)9-13(10-15(3,4)20(14)23)19-18(22)11-16(5,6)21(24)17(7,8)12-18/h13,19,22H,9-12H2,1-8H3. The van der Waals surface area contributed by atoms with Crippen molar-refractivity contribution in [2.75, 3.05) is 0 Å². The molecule has 0 amide bonds. The molecule has 2 heterocycles. The van der Waals surface area contributed by atoms with Gasteiger partial charge in [-0.1, -0.05) is 0 Å². The number of hydrogen-bond acceptors (Lipinski definition) is 4. The van der Waals surface area contributed by atoms with Crippen LogP contribution in [0.3, 0.4) is 0 Å². The molecule has 2 aliphatic rings. The van der Waals surface area contributed by atoms with Gasteiger partial charge in [0.2, 0.25) is 0 Å². The van der Waals surface area contributed by atoms with Crippen molar-refractivity contribution in [3.8, 4) is 0 Å². The van der Waals surface area contributed by atoms with E-state index in [0.29, 0.717) is 25.7 Å². The van der Waals surface area contributed by atoms with Gasteiger partial charge in [0.05, 0.1) is 0 Å². The van der Waals surface area contributed by atoms with E-state index in [9.17, 15) is 15.5 Å². The number of nitrogens with zero attached hydrogens (tertiary/aromatic N) is 2. The third-order valence-electron chi connectivity index (χ3n) is 5.61. The van der Waals surface area contributed by atoms with E-state index >= 15 is 0 Å². The van der Waals surface area contributed by atoms with Crippen LogP contribution in [0.25, 0.3) is 0 Å². The van der Waals surface area contributed by atoms with Gasteiger partial charge in [-0.15, -0.1) is 20.5 Å². The maximum Gasteiger partial charge on any atom is 0.119 e. The summed E-state index contributed by atoms with van der Waals surface area (Å²) < 4.78 is 0. The van der Waals surface area contributed by atoms with Crippen LogP contribution in [-0.4, -0.2) is 49.2 Å². The minimum atomic E-state index is -1.10. The summed E-state index contributed by atoms with van der Waals surface area (Å²) in [4.78, 5) is 0. The molecule has 0 aromatic carbocycles. The lowest BCUT2D eigenvalue weighted by atomic mass is 9.74. The molecule has 0 aromatic rings. The van der Waals surface area contributed by atoms with Gasteiger partial charge in [-0.25, -0.2) is 0 Å². The van der Waals surface area contributed by atoms with Crippen molar-refractivity contribution in [2.45, 2.75) is 115 Å². The second kappa shape index (κ2) is 5.63. The summed E-state index contributed by atoms with van der Waals surface area (Å²) in [5.41, 5.74) is -3.36. The predicted molar refractivity (Wildman–Crippen MR) is 91.7 cm³/mol. The number of hydrogen-bond donors (Lipinski definition) is 2. The fraction of sp³-hybridized carbons (Fsp3) is 1.00. The molecule has 2 aliphatic heterocycles. The number of aliphatic hydroxyl groups is 1. The third kappa shape index (κ3) is 3.64. The molecular weight excluding hydrogens is 306 g/mol. The molecule has 0 saturated carbocycles. The van der Waals surface area contributed by atoms with Gasteiger partial charge in [0.15, 0.2) is 0 Å². The molecule has 2 rings (SSSR count). The molecule has 2 N–H and O–H groups in total. The van der Waals surface area contributed by atoms with Gasteiger partial charge in [0.25, 0.3) is 0 Å². The Hall–Kier alpha value is -0.240. The largest absolute Gasteiger partial charge is 0.376 e. The normalized spacial score (nSPS) is 32.6. The monoisotopic (exact) mass is 341 g/mol. The number of piperidine rings is 2. The number of nitrogens with one attached hydrogen (secondary N) is 1. The highest BCUT2D eigenvalue weighted by atomic mass is 16.5. The van der Waals surface area contributed by atoms with Crippen LogP contribution >= 0.6 is 0 Å². The highest BCUT2D eigenvalue weighted by molar-refractivity contribution is 5.06. The maximum absolute atomic E-state index is 12.5. The van der Waals surface area contributed by atoms with E-state index in [2.05, 4.69) is 5.32 Å². The lowest BCUT2D eigenvalue weighted by Crippen LogP contribution is -2.70. The second-order valence-corrected chi connectivity index (χ2v) is 10.5. The maximum atomic E-state index is 12.5. The van der Waals surface area contributed by atoms with E-state index in [1.54, 1.807) is 0 Å². The first-order chi connectivity index (χ1) is 10.5. The highest BCUT2D eigenvalue weighted by Gasteiger charge is 2.54. The topological polar surface area (TPSA) is 78.5 Å². The fourth-order valence-corrected chi connectivity index (χ4v) is 5.30. The zero-order valence-corrected chi connectivity index (χ0v) is 16.6. The number of hydroxylamine groups is 4. The Kier molecular flexibility index (Phi) is 4.71. The molecule has 0 bridgehead atoms. The van der Waals surface area contributed by atoms with Gasteiger partial charge in [-0.05, 0) is 68.2 Å².